The third-order valence-corrected chi connectivity index (χ3v) is 14.2. The van der Waals surface area contributed by atoms with Crippen molar-refractivity contribution in [2.24, 2.45) is 0 Å². The molecule has 2 aliphatic carbocycles. The Morgan fingerprint density at radius 1 is 0.810 bits per heavy atom. The third-order valence-electron chi connectivity index (χ3n) is 12.2. The minimum absolute atomic E-state index is 0. The zero-order valence-electron chi connectivity index (χ0n) is 34.3. The normalized spacial score (nSPS) is 20.0. The molecule has 0 N–H and O–H groups in total. The molecular formula is C46H52ClN2NaO6S2. The molecule has 2 heterocycles. The van der Waals surface area contributed by atoms with Gasteiger partial charge >= 0.3 is 29.6 Å². The Morgan fingerprint density at radius 3 is 2.28 bits per heavy atom. The van der Waals surface area contributed by atoms with Crippen LogP contribution in [0.15, 0.2) is 101 Å². The van der Waals surface area contributed by atoms with Crippen LogP contribution in [0, 0.1) is 0 Å². The van der Waals surface area contributed by atoms with E-state index in [2.05, 4.69) is 116 Å². The number of aryl methyl sites for hydroxylation is 1. The first-order chi connectivity index (χ1) is 27.0. The number of hydrogen-bond acceptors (Lipinski definition) is 7. The van der Waals surface area contributed by atoms with Gasteiger partial charge in [0.05, 0.1) is 25.7 Å². The molecule has 0 fully saturated rings. The molecular weight excluding hydrogens is 799 g/mol. The van der Waals surface area contributed by atoms with Gasteiger partial charge in [-0.2, -0.15) is 4.58 Å². The molecule has 0 bridgehead atoms. The number of halogens is 1. The van der Waals surface area contributed by atoms with Crippen LogP contribution in [0.1, 0.15) is 101 Å². The van der Waals surface area contributed by atoms with Gasteiger partial charge < -0.3 is 14.0 Å². The van der Waals surface area contributed by atoms with Crippen molar-refractivity contribution in [3.63, 3.8) is 0 Å². The van der Waals surface area contributed by atoms with Crippen molar-refractivity contribution < 1.29 is 60.1 Å². The second-order valence-electron chi connectivity index (χ2n) is 16.8. The van der Waals surface area contributed by atoms with Crippen LogP contribution in [0.5, 0.6) is 0 Å². The molecule has 3 aromatic carbocycles. The van der Waals surface area contributed by atoms with E-state index in [1.807, 2.05) is 6.07 Å². The fourth-order valence-corrected chi connectivity index (χ4v) is 10.9. The van der Waals surface area contributed by atoms with E-state index in [1.54, 1.807) is 0 Å². The number of unbranched alkanes of at least 4 members (excludes halogenated alkanes) is 2. The summed E-state index contributed by atoms with van der Waals surface area (Å²) in [5.41, 5.74) is 10.9. The molecule has 3 aromatic rings. The number of rotatable bonds is 13. The summed E-state index contributed by atoms with van der Waals surface area (Å²) in [5, 5.41) is 3.08. The van der Waals surface area contributed by atoms with Gasteiger partial charge in [0.1, 0.15) is 6.54 Å². The summed E-state index contributed by atoms with van der Waals surface area (Å²) in [6, 6.07) is 17.1. The Morgan fingerprint density at radius 2 is 1.53 bits per heavy atom. The molecule has 0 saturated heterocycles. The molecule has 0 radical (unpaired) electrons. The van der Waals surface area contributed by atoms with Crippen molar-refractivity contribution in [2.75, 3.05) is 29.5 Å². The largest absolute Gasteiger partial charge is 1.00 e. The summed E-state index contributed by atoms with van der Waals surface area (Å²) >= 11 is 7.29. The molecule has 58 heavy (non-hydrogen) atoms. The van der Waals surface area contributed by atoms with E-state index in [9.17, 15) is 25.9 Å². The molecule has 0 aromatic heterocycles. The molecule has 0 unspecified atom stereocenters. The Bertz CT molecular complexity index is 2530. The van der Waals surface area contributed by atoms with Crippen LogP contribution in [-0.2, 0) is 37.5 Å². The van der Waals surface area contributed by atoms with E-state index in [-0.39, 0.29) is 51.9 Å². The number of fused-ring (bicyclic) bond motifs is 6. The van der Waals surface area contributed by atoms with Crippen molar-refractivity contribution >= 4 is 65.8 Å². The topological polar surface area (TPSA) is 121 Å². The SMILES string of the molecule is CC1(C)C(/C=C/C2=C(Cl)C(=C/C=C3/N(CCCCS(=O)(=O)[O-])c4ccc5c(c4C3(C)C)C=CCC5)/CCC2)=[N+](CCCCS(=O)(=O)[O-])c2ccc3ccccc3c21.[Na+]. The average molecular weight is 852 g/mol. The molecule has 0 amide bonds. The Hall–Kier alpha value is -2.80. The van der Waals surface area contributed by atoms with Crippen LogP contribution < -0.4 is 34.5 Å². The van der Waals surface area contributed by atoms with Gasteiger partial charge in [0, 0.05) is 64.0 Å². The van der Waals surface area contributed by atoms with Crippen molar-refractivity contribution in [3.05, 3.63) is 123 Å². The fourth-order valence-electron chi connectivity index (χ4n) is 9.46. The van der Waals surface area contributed by atoms with Gasteiger partial charge in [-0.25, -0.2) is 16.8 Å². The van der Waals surface area contributed by atoms with Gasteiger partial charge in [0.15, 0.2) is 5.71 Å². The first-order valence-corrected chi connectivity index (χ1v) is 23.6. The molecule has 12 heteroatoms. The summed E-state index contributed by atoms with van der Waals surface area (Å²) in [4.78, 5) is 2.30. The van der Waals surface area contributed by atoms with Crippen LogP contribution in [0.4, 0.5) is 11.4 Å². The maximum atomic E-state index is 11.4. The molecule has 7 rings (SSSR count). The fraction of sp³-hybridized carbons (Fsp3) is 0.413. The number of benzene rings is 3. The van der Waals surface area contributed by atoms with Gasteiger partial charge in [-0.3, -0.25) is 0 Å². The Labute approximate surface area is 371 Å². The Kier molecular flexibility index (Phi) is 13.6. The smallest absolute Gasteiger partial charge is 0.748 e. The second kappa shape index (κ2) is 17.7. The van der Waals surface area contributed by atoms with E-state index in [0.29, 0.717) is 38.8 Å². The summed E-state index contributed by atoms with van der Waals surface area (Å²) < 4.78 is 70.6. The van der Waals surface area contributed by atoms with Crippen molar-refractivity contribution in [1.29, 1.82) is 0 Å². The van der Waals surface area contributed by atoms with E-state index in [0.717, 1.165) is 76.5 Å². The maximum absolute atomic E-state index is 11.4. The van der Waals surface area contributed by atoms with Gasteiger partial charge in [-0.15, -0.1) is 0 Å². The zero-order valence-corrected chi connectivity index (χ0v) is 38.7. The predicted molar refractivity (Wildman–Crippen MR) is 231 cm³/mol. The van der Waals surface area contributed by atoms with Crippen molar-refractivity contribution in [1.82, 2.24) is 0 Å². The van der Waals surface area contributed by atoms with Crippen molar-refractivity contribution in [2.45, 2.75) is 96.3 Å². The first kappa shape index (κ1) is 44.7. The van der Waals surface area contributed by atoms with Gasteiger partial charge in [0.25, 0.3) is 0 Å². The molecule has 2 aliphatic heterocycles. The number of anilines is 1. The molecule has 4 aliphatic rings. The summed E-state index contributed by atoms with van der Waals surface area (Å²) in [6.45, 7) is 10.1. The van der Waals surface area contributed by atoms with Crippen LogP contribution in [0.3, 0.4) is 0 Å². The van der Waals surface area contributed by atoms with E-state index in [1.165, 1.54) is 27.6 Å². The molecule has 0 spiro atoms. The minimum atomic E-state index is -4.29. The van der Waals surface area contributed by atoms with Gasteiger partial charge in [-0.05, 0) is 122 Å². The van der Waals surface area contributed by atoms with E-state index in [4.69, 9.17) is 11.6 Å². The standard InChI is InChI=1S/C46H53ClN2O6S2.Na/c1-45(2)40(48(28-9-11-30-56(50,51)52)38-24-20-32-14-5-7-18-36(32)42(38)45)26-22-34-16-13-17-35(44(34)47)23-27-41-46(3,4)43-37-19-8-6-15-33(37)21-25-39(43)49(41)29-10-12-31-57(53,54)55;/h5,7-8,14,18-27H,6,9-13,15-17,28-31H2,1-4H3,(H-,50,51,52,53,54,55);/q;+1/p-1. The van der Waals surface area contributed by atoms with Crippen LogP contribution >= 0.6 is 11.6 Å². The number of allylic oxidation sites excluding steroid dienone is 9. The quantitative estimate of drug-likeness (QED) is 0.0816. The van der Waals surface area contributed by atoms with Crippen LogP contribution in [-0.4, -0.2) is 60.8 Å². The Balaban J connectivity index is 0.00000567. The summed E-state index contributed by atoms with van der Waals surface area (Å²) in [5.74, 6) is -0.744. The molecule has 0 atom stereocenters. The summed E-state index contributed by atoms with van der Waals surface area (Å²) in [6.07, 6.45) is 19.5. The first-order valence-electron chi connectivity index (χ1n) is 20.1. The van der Waals surface area contributed by atoms with Gasteiger partial charge in [-0.1, -0.05) is 80.1 Å². The molecule has 0 saturated carbocycles. The van der Waals surface area contributed by atoms with E-state index < -0.39 is 20.2 Å². The minimum Gasteiger partial charge on any atom is -0.748 e. The van der Waals surface area contributed by atoms with Crippen LogP contribution in [0.2, 0.25) is 0 Å². The van der Waals surface area contributed by atoms with Crippen LogP contribution in [0.25, 0.3) is 16.8 Å². The number of nitrogens with zero attached hydrogens (tertiary/aromatic N) is 2. The van der Waals surface area contributed by atoms with E-state index >= 15 is 0 Å². The maximum Gasteiger partial charge on any atom is 1.00 e. The van der Waals surface area contributed by atoms with Crippen molar-refractivity contribution in [3.8, 4) is 0 Å². The van der Waals surface area contributed by atoms with Gasteiger partial charge in [0.2, 0.25) is 5.69 Å². The summed E-state index contributed by atoms with van der Waals surface area (Å²) in [7, 11) is -8.56. The number of hydrogen-bond donors (Lipinski definition) is 0. The second-order valence-corrected chi connectivity index (χ2v) is 20.2. The predicted octanol–water partition coefficient (Wildman–Crippen LogP) is 6.67. The molecule has 8 nitrogen and oxygen atoms in total. The zero-order chi connectivity index (χ0) is 40.8. The average Bonchev–Trinajstić information content (AvgIpc) is 3.51. The monoisotopic (exact) mass is 850 g/mol. The molecule has 302 valence electrons. The third kappa shape index (κ3) is 9.25.